The third-order valence-corrected chi connectivity index (χ3v) is 8.28. The van der Waals surface area contributed by atoms with Gasteiger partial charge < -0.3 is 93.8 Å². The molecule has 19 N–H and O–H groups in total. The highest BCUT2D eigenvalue weighted by Crippen LogP contribution is 2.28. The van der Waals surface area contributed by atoms with Gasteiger partial charge in [0.2, 0.25) is 0 Å². The Kier molecular flexibility index (Phi) is 21.7. The Balaban J connectivity index is 0.000000412. The molecule has 20 heteroatoms. The van der Waals surface area contributed by atoms with Gasteiger partial charge >= 0.3 is 0 Å². The van der Waals surface area contributed by atoms with Crippen molar-refractivity contribution in [2.24, 2.45) is 28.7 Å². The number of alkyl halides is 1. The second kappa shape index (κ2) is 23.2. The molecule has 9 unspecified atom stereocenters. The quantitative estimate of drug-likeness (QED) is 0.106. The normalized spacial score (nSPS) is 39.3. The molecule has 0 aromatic rings. The van der Waals surface area contributed by atoms with Crippen LogP contribution in [0.2, 0.25) is 0 Å². The summed E-state index contributed by atoms with van der Waals surface area (Å²) in [4.78, 5) is 11.9. The van der Waals surface area contributed by atoms with Crippen LogP contribution in [0.5, 0.6) is 0 Å². The van der Waals surface area contributed by atoms with Crippen LogP contribution in [0.3, 0.4) is 0 Å². The summed E-state index contributed by atoms with van der Waals surface area (Å²) in [6, 6.07) is -2.11. The van der Waals surface area contributed by atoms with Gasteiger partial charge in [-0.2, -0.15) is 0 Å². The van der Waals surface area contributed by atoms with Gasteiger partial charge in [0.1, 0.15) is 24.5 Å². The van der Waals surface area contributed by atoms with Crippen molar-refractivity contribution in [2.45, 2.75) is 130 Å². The fourth-order valence-electron chi connectivity index (χ4n) is 5.38. The third kappa shape index (κ3) is 14.2. The van der Waals surface area contributed by atoms with E-state index in [-0.39, 0.29) is 44.3 Å². The average molecular weight is 707 g/mol. The number of aliphatic hydroxyl groups excluding tert-OH is 8. The van der Waals surface area contributed by atoms with E-state index in [1.807, 2.05) is 0 Å². The number of aliphatic hydroxyl groups is 8. The minimum absolute atomic E-state index is 0.0298. The molecule has 3 heterocycles. The van der Waals surface area contributed by atoms with Gasteiger partial charge in [-0.25, -0.2) is 4.39 Å². The van der Waals surface area contributed by atoms with Crippen molar-refractivity contribution in [1.82, 2.24) is 5.32 Å². The van der Waals surface area contributed by atoms with Gasteiger partial charge in [0.15, 0.2) is 18.7 Å². The number of nitrogens with one attached hydrogen (secondary N) is 1. The Hall–Kier alpha value is -1.28. The van der Waals surface area contributed by atoms with Crippen molar-refractivity contribution >= 4 is 5.91 Å². The zero-order valence-corrected chi connectivity index (χ0v) is 27.3. The predicted octanol–water partition coefficient (Wildman–Crippen LogP) is -6.70. The predicted molar refractivity (Wildman–Crippen MR) is 167 cm³/mol. The van der Waals surface area contributed by atoms with Crippen molar-refractivity contribution in [3.05, 3.63) is 0 Å². The lowest BCUT2D eigenvalue weighted by Gasteiger charge is -2.38. The summed E-state index contributed by atoms with van der Waals surface area (Å²) in [7, 11) is 1.00. The molecule has 286 valence electrons. The minimum Gasteiger partial charge on any atom is -0.400 e. The molecule has 0 bridgehead atoms. The molecule has 0 aromatic carbocycles. The van der Waals surface area contributed by atoms with Crippen LogP contribution in [0.1, 0.15) is 38.5 Å². The number of nitrogens with two attached hydrogens (primary N) is 5. The standard InChI is InChI=1S/C15H28FN3O6.C6H14N2O4.C6H13NO2.CH4O/c16-9(5-17)13(21)15(23)19-7-3-10(18)14(22)11(4-7)25-12-2-1-8(6-20)24-12;7-1-2-4(9)5(10)3(8)6(11)12-2;7-4-6-3-5(8)1-2-9-6;1-2/h7-14,20-22H,1-6,17-18H2,(H,19,23);2-6,9-11H,1,7-8H2;5-6,8H,1-4,7H2;2H,1H3/t7?,8?,9?,10?,11?,12?,13?,14-;2-,3+,4+,5?,6-;5-,6?;/m100./s1. The Labute approximate surface area is 279 Å². The van der Waals surface area contributed by atoms with Crippen molar-refractivity contribution in [3.63, 3.8) is 0 Å². The van der Waals surface area contributed by atoms with Gasteiger partial charge in [-0.05, 0) is 25.7 Å². The van der Waals surface area contributed by atoms with Gasteiger partial charge in [-0.1, -0.05) is 0 Å². The SMILES string of the molecule is CO.NCC(F)C(O)C(=O)NC1CC(N)[C@@H](O)C(OC2CCC(CO)O2)C1.NCC1C[C@@H](O)CCO1.NC[C@@H]1O[C@H](O)[C@H](N)C(O)[C@@H]1O. The van der Waals surface area contributed by atoms with E-state index in [9.17, 15) is 29.6 Å². The highest BCUT2D eigenvalue weighted by molar-refractivity contribution is 5.81. The fourth-order valence-corrected chi connectivity index (χ4v) is 5.38. The third-order valence-electron chi connectivity index (χ3n) is 8.28. The molecule has 48 heavy (non-hydrogen) atoms. The van der Waals surface area contributed by atoms with Crippen LogP contribution in [-0.2, 0) is 23.7 Å². The molecular weight excluding hydrogens is 647 g/mol. The second-order valence-electron chi connectivity index (χ2n) is 11.9. The Morgan fingerprint density at radius 3 is 2.10 bits per heavy atom. The summed E-state index contributed by atoms with van der Waals surface area (Å²) in [6.45, 7) is 0.644. The summed E-state index contributed by atoms with van der Waals surface area (Å²) >= 11 is 0. The molecule has 4 aliphatic rings. The number of carbonyl (C=O) groups is 1. The number of hydrogen-bond donors (Lipinski definition) is 14. The van der Waals surface area contributed by atoms with E-state index in [2.05, 4.69) is 5.32 Å². The molecule has 3 aliphatic heterocycles. The van der Waals surface area contributed by atoms with E-state index in [4.69, 9.17) is 68.0 Å². The molecule has 1 aliphatic carbocycles. The highest BCUT2D eigenvalue weighted by atomic mass is 19.1. The smallest absolute Gasteiger partial charge is 0.252 e. The zero-order chi connectivity index (χ0) is 36.6. The van der Waals surface area contributed by atoms with Gasteiger partial charge in [0, 0.05) is 58.3 Å². The first-order chi connectivity index (χ1) is 22.8. The molecule has 1 saturated carbocycles. The molecule has 4 fully saturated rings. The lowest BCUT2D eigenvalue weighted by molar-refractivity contribution is -0.238. The molecule has 0 aromatic heterocycles. The van der Waals surface area contributed by atoms with Crippen molar-refractivity contribution < 1.29 is 69.0 Å². The summed E-state index contributed by atoms with van der Waals surface area (Å²) in [6.07, 6.45) is -7.39. The maximum absolute atomic E-state index is 13.3. The maximum Gasteiger partial charge on any atom is 0.252 e. The van der Waals surface area contributed by atoms with Crippen LogP contribution in [0.4, 0.5) is 4.39 Å². The number of carbonyl (C=O) groups excluding carboxylic acids is 1. The molecular formula is C28H59FN6O13. The average Bonchev–Trinajstić information content (AvgIpc) is 3.55. The Bertz CT molecular complexity index is 874. The largest absolute Gasteiger partial charge is 0.400 e. The Morgan fingerprint density at radius 2 is 1.58 bits per heavy atom. The van der Waals surface area contributed by atoms with Crippen LogP contribution in [0, 0.1) is 0 Å². The van der Waals surface area contributed by atoms with E-state index in [1.54, 1.807) is 0 Å². The fraction of sp³-hybridized carbons (Fsp3) is 0.964. The second-order valence-corrected chi connectivity index (χ2v) is 11.9. The van der Waals surface area contributed by atoms with Gasteiger partial charge in [0.05, 0.1) is 43.2 Å². The topological polar surface area (TPSA) is 358 Å². The van der Waals surface area contributed by atoms with Crippen molar-refractivity contribution in [2.75, 3.05) is 40.0 Å². The number of amides is 1. The molecule has 3 saturated heterocycles. The van der Waals surface area contributed by atoms with Crippen LogP contribution in [0.15, 0.2) is 0 Å². The van der Waals surface area contributed by atoms with Crippen LogP contribution < -0.4 is 34.0 Å². The first-order valence-corrected chi connectivity index (χ1v) is 16.0. The van der Waals surface area contributed by atoms with E-state index < -0.39 is 86.0 Å². The number of ether oxygens (including phenoxy) is 4. The van der Waals surface area contributed by atoms with E-state index in [1.165, 1.54) is 0 Å². The number of halogens is 1. The molecule has 0 spiro atoms. The number of rotatable bonds is 9. The monoisotopic (exact) mass is 706 g/mol. The van der Waals surface area contributed by atoms with E-state index >= 15 is 0 Å². The summed E-state index contributed by atoms with van der Waals surface area (Å²) in [5.74, 6) is -0.872. The van der Waals surface area contributed by atoms with Crippen LogP contribution in [0.25, 0.3) is 0 Å². The molecule has 15 atom stereocenters. The first-order valence-electron chi connectivity index (χ1n) is 16.0. The molecule has 19 nitrogen and oxygen atoms in total. The number of hydrogen-bond acceptors (Lipinski definition) is 18. The molecule has 0 radical (unpaired) electrons. The lowest BCUT2D eigenvalue weighted by Crippen LogP contribution is -2.62. The Morgan fingerprint density at radius 1 is 0.917 bits per heavy atom. The van der Waals surface area contributed by atoms with Crippen LogP contribution in [-0.4, -0.2) is 179 Å². The summed E-state index contributed by atoms with van der Waals surface area (Å²) in [5, 5.41) is 75.1. The molecule has 1 amide bonds. The lowest BCUT2D eigenvalue weighted by atomic mass is 9.86. The summed E-state index contributed by atoms with van der Waals surface area (Å²) in [5.41, 5.74) is 26.9. The van der Waals surface area contributed by atoms with Gasteiger partial charge in [0.25, 0.3) is 5.91 Å². The van der Waals surface area contributed by atoms with Gasteiger partial charge in [-0.15, -0.1) is 0 Å². The first kappa shape index (κ1) is 44.7. The highest BCUT2D eigenvalue weighted by Gasteiger charge is 2.42. The van der Waals surface area contributed by atoms with Crippen molar-refractivity contribution in [1.29, 1.82) is 0 Å². The van der Waals surface area contributed by atoms with E-state index in [0.717, 1.165) is 13.5 Å². The maximum atomic E-state index is 13.3. The van der Waals surface area contributed by atoms with Gasteiger partial charge in [-0.3, -0.25) is 4.79 Å². The molecule has 4 rings (SSSR count). The van der Waals surface area contributed by atoms with Crippen LogP contribution >= 0.6 is 0 Å². The zero-order valence-electron chi connectivity index (χ0n) is 27.3. The minimum atomic E-state index is -1.85. The summed E-state index contributed by atoms with van der Waals surface area (Å²) < 4.78 is 34.6. The van der Waals surface area contributed by atoms with Crippen molar-refractivity contribution in [3.8, 4) is 0 Å². The van der Waals surface area contributed by atoms with E-state index in [0.29, 0.717) is 32.4 Å².